The van der Waals surface area contributed by atoms with E-state index in [0.717, 1.165) is 22.6 Å². The van der Waals surface area contributed by atoms with E-state index >= 15 is 17.6 Å². The molecule has 0 radical (unpaired) electrons. The number of fused-ring (bicyclic) bond motifs is 1. The van der Waals surface area contributed by atoms with Crippen LogP contribution < -0.4 is 15.0 Å². The molecule has 1 fully saturated rings. The molecule has 1 saturated heterocycles. The highest BCUT2D eigenvalue weighted by Gasteiger charge is 2.50. The molecule has 3 aromatic carbocycles. The van der Waals surface area contributed by atoms with Crippen LogP contribution in [0.2, 0.25) is 0 Å². The lowest BCUT2D eigenvalue weighted by Crippen LogP contribution is -2.55. The molecule has 2 heterocycles. The van der Waals surface area contributed by atoms with Crippen molar-refractivity contribution >= 4 is 45.6 Å². The van der Waals surface area contributed by atoms with Gasteiger partial charge in [-0.3, -0.25) is 9.59 Å². The van der Waals surface area contributed by atoms with Crippen LogP contribution in [0.3, 0.4) is 0 Å². The molecule has 16 heteroatoms. The van der Waals surface area contributed by atoms with Crippen LogP contribution in [0, 0.1) is 5.82 Å². The molecule has 5 rings (SSSR count). The van der Waals surface area contributed by atoms with Gasteiger partial charge in [0.2, 0.25) is 5.60 Å². The minimum Gasteiger partial charge on any atom is -0.471 e. The predicted molar refractivity (Wildman–Crippen MR) is 203 cm³/mol. The third kappa shape index (κ3) is 9.56. The molecular formula is C40H45BrF4N4O7. The zero-order valence-corrected chi connectivity index (χ0v) is 33.6. The van der Waals surface area contributed by atoms with Gasteiger partial charge in [-0.25, -0.2) is 14.0 Å². The Bertz CT molecular complexity index is 1960. The molecule has 4 amide bonds. The Balaban J connectivity index is 1.53. The number of nitrogens with zero attached hydrogens (tertiary/aromatic N) is 3. The van der Waals surface area contributed by atoms with Gasteiger partial charge < -0.3 is 34.2 Å². The lowest BCUT2D eigenvalue weighted by atomic mass is 9.90. The van der Waals surface area contributed by atoms with Crippen LogP contribution in [0.4, 0.5) is 32.8 Å². The van der Waals surface area contributed by atoms with E-state index in [1.54, 1.807) is 58.9 Å². The third-order valence-corrected chi connectivity index (χ3v) is 9.88. The van der Waals surface area contributed by atoms with Crippen molar-refractivity contribution in [3.8, 4) is 5.75 Å². The summed E-state index contributed by atoms with van der Waals surface area (Å²) in [7, 11) is 0. The lowest BCUT2D eigenvalue weighted by molar-refractivity contribution is -0.138. The molecule has 56 heavy (non-hydrogen) atoms. The van der Waals surface area contributed by atoms with Gasteiger partial charge >= 0.3 is 18.4 Å². The highest BCUT2D eigenvalue weighted by molar-refractivity contribution is 9.10. The second-order valence-corrected chi connectivity index (χ2v) is 16.0. The zero-order valence-electron chi connectivity index (χ0n) is 32.0. The summed E-state index contributed by atoms with van der Waals surface area (Å²) in [4.78, 5) is 58.3. The van der Waals surface area contributed by atoms with Crippen molar-refractivity contribution < 1.29 is 51.0 Å². The quantitative estimate of drug-likeness (QED) is 0.215. The first-order valence-corrected chi connectivity index (χ1v) is 19.0. The molecule has 0 saturated carbocycles. The molecule has 2 aliphatic rings. The van der Waals surface area contributed by atoms with E-state index in [-0.39, 0.29) is 37.5 Å². The van der Waals surface area contributed by atoms with Crippen molar-refractivity contribution in [2.24, 2.45) is 0 Å². The van der Waals surface area contributed by atoms with Crippen molar-refractivity contribution in [2.75, 3.05) is 31.1 Å². The maximum atomic E-state index is 15.4. The maximum Gasteiger partial charge on any atom is 0.417 e. The Kier molecular flexibility index (Phi) is 12.6. The number of likely N-dealkylation sites (tertiary alicyclic amines) is 1. The molecule has 2 atom stereocenters. The van der Waals surface area contributed by atoms with Crippen molar-refractivity contribution in [3.63, 3.8) is 0 Å². The normalized spacial score (nSPS) is 18.6. The number of alkyl carbamates (subject to hydrolysis) is 1. The van der Waals surface area contributed by atoms with E-state index in [9.17, 15) is 19.2 Å². The number of hydrogen-bond acceptors (Lipinski definition) is 7. The van der Waals surface area contributed by atoms with E-state index in [4.69, 9.17) is 14.2 Å². The van der Waals surface area contributed by atoms with Crippen LogP contribution in [0.15, 0.2) is 65.1 Å². The second-order valence-electron chi connectivity index (χ2n) is 15.1. The van der Waals surface area contributed by atoms with Crippen LogP contribution >= 0.6 is 15.9 Å². The summed E-state index contributed by atoms with van der Waals surface area (Å²) in [5, 5.41) is 2.54. The van der Waals surface area contributed by atoms with Gasteiger partial charge in [0.1, 0.15) is 23.8 Å². The van der Waals surface area contributed by atoms with E-state index < -0.39 is 76.2 Å². The Morgan fingerprint density at radius 1 is 1.07 bits per heavy atom. The Hall–Kier alpha value is -4.86. The molecule has 0 spiro atoms. The first-order chi connectivity index (χ1) is 26.2. The minimum absolute atomic E-state index is 0.0292. The van der Waals surface area contributed by atoms with E-state index in [1.807, 2.05) is 6.07 Å². The Morgan fingerprint density at radius 2 is 1.77 bits per heavy atom. The number of carbonyl (C=O) groups excluding carboxylic acids is 4. The topological polar surface area (TPSA) is 118 Å². The smallest absolute Gasteiger partial charge is 0.417 e. The molecule has 0 bridgehead atoms. The Morgan fingerprint density at radius 3 is 2.41 bits per heavy atom. The van der Waals surface area contributed by atoms with Gasteiger partial charge in [0.15, 0.2) is 0 Å². The van der Waals surface area contributed by atoms with Crippen LogP contribution in [0.5, 0.6) is 5.75 Å². The molecule has 302 valence electrons. The molecule has 11 nitrogen and oxygen atoms in total. The number of rotatable bonds is 9. The van der Waals surface area contributed by atoms with E-state index in [2.05, 4.69) is 21.2 Å². The molecular weight excluding hydrogens is 804 g/mol. The summed E-state index contributed by atoms with van der Waals surface area (Å²) in [6.07, 6.45) is -5.62. The van der Waals surface area contributed by atoms with Crippen molar-refractivity contribution in [2.45, 2.75) is 90.5 Å². The molecule has 1 N–H and O–H groups in total. The van der Waals surface area contributed by atoms with Gasteiger partial charge in [-0.1, -0.05) is 46.3 Å². The summed E-state index contributed by atoms with van der Waals surface area (Å²) in [5.74, 6) is -3.13. The third-order valence-electron chi connectivity index (χ3n) is 9.39. The number of ether oxygens (including phenoxy) is 3. The number of nitrogens with one attached hydrogen (secondary N) is 1. The molecule has 3 aromatic rings. The average molecular weight is 850 g/mol. The molecule has 0 aliphatic carbocycles. The van der Waals surface area contributed by atoms with Gasteiger partial charge in [-0.15, -0.1) is 0 Å². The number of alkyl halides is 3. The fourth-order valence-electron chi connectivity index (χ4n) is 6.84. The number of halogens is 5. The van der Waals surface area contributed by atoms with Crippen LogP contribution in [-0.4, -0.2) is 77.7 Å². The van der Waals surface area contributed by atoms with Crippen LogP contribution in [0.25, 0.3) is 0 Å². The standard InChI is InChI=1S/C40H45BrF4N4O7/c1-24(2)49(27-13-10-17-47(22-27)37(53)56-38(3,4)5)34(50)28-20-32-33(21-29(28)40(43,44)45)55-39(6,30-19-26(41)14-15-31(30)42)35(51)48(32)18-16-46-36(52)54-23-25-11-8-7-9-12-25/h7-9,11-12,14-15,19-21,24,27H,10,13,16-18,22-23H2,1-6H3,(H,46,52)/t27-,39?/m1/s1. The number of piperidine rings is 1. The number of hydrogen-bond donors (Lipinski definition) is 1. The monoisotopic (exact) mass is 848 g/mol. The summed E-state index contributed by atoms with van der Waals surface area (Å²) in [6, 6.07) is 13.0. The number of anilines is 1. The van der Waals surface area contributed by atoms with Crippen molar-refractivity contribution in [1.29, 1.82) is 0 Å². The maximum absolute atomic E-state index is 15.4. The fraction of sp³-hybridized carbons (Fsp3) is 0.450. The van der Waals surface area contributed by atoms with Crippen molar-refractivity contribution in [1.82, 2.24) is 15.1 Å². The fourth-order valence-corrected chi connectivity index (χ4v) is 7.20. The first-order valence-electron chi connectivity index (χ1n) is 18.2. The van der Waals surface area contributed by atoms with Crippen LogP contribution in [0.1, 0.15) is 81.4 Å². The van der Waals surface area contributed by atoms with Crippen molar-refractivity contribution in [3.05, 3.63) is 93.2 Å². The highest BCUT2D eigenvalue weighted by atomic mass is 79.9. The van der Waals surface area contributed by atoms with Gasteiger partial charge in [-0.2, -0.15) is 13.2 Å². The molecule has 1 unspecified atom stereocenters. The van der Waals surface area contributed by atoms with E-state index in [1.165, 1.54) is 28.9 Å². The summed E-state index contributed by atoms with van der Waals surface area (Å²) in [6.45, 7) is 9.49. The van der Waals surface area contributed by atoms with Gasteiger partial charge in [-0.05, 0) is 90.3 Å². The van der Waals surface area contributed by atoms with Gasteiger partial charge in [0.05, 0.1) is 22.9 Å². The largest absolute Gasteiger partial charge is 0.471 e. The highest BCUT2D eigenvalue weighted by Crippen LogP contribution is 2.47. The molecule has 2 aliphatic heterocycles. The SMILES string of the molecule is CC(C)N(C(=O)c1cc2c(cc1C(F)(F)F)OC(C)(c1cc(Br)ccc1F)C(=O)N2CCNC(=O)OCc1ccccc1)[C@@H]1CCCN(C(=O)OC(C)(C)C)C1. The summed E-state index contributed by atoms with van der Waals surface area (Å²) < 4.78 is 77.6. The van der Waals surface area contributed by atoms with Gasteiger partial charge in [0.25, 0.3) is 11.8 Å². The minimum atomic E-state index is -5.07. The van der Waals surface area contributed by atoms with E-state index in [0.29, 0.717) is 29.9 Å². The summed E-state index contributed by atoms with van der Waals surface area (Å²) >= 11 is 3.26. The summed E-state index contributed by atoms with van der Waals surface area (Å²) in [5.41, 5.74) is -4.76. The lowest BCUT2D eigenvalue weighted by Gasteiger charge is -2.43. The first kappa shape index (κ1) is 42.3. The van der Waals surface area contributed by atoms with Gasteiger partial charge in [0, 0.05) is 42.3 Å². The van der Waals surface area contributed by atoms with Crippen LogP contribution in [-0.2, 0) is 32.7 Å². The zero-order chi connectivity index (χ0) is 41.2. The second kappa shape index (κ2) is 16.7. The predicted octanol–water partition coefficient (Wildman–Crippen LogP) is 8.42. The Labute approximate surface area is 331 Å². The number of amides is 4. The average Bonchev–Trinajstić information content (AvgIpc) is 3.12. The number of benzene rings is 3. The number of carbonyl (C=O) groups is 4. The molecule has 0 aromatic heterocycles.